The zero-order chi connectivity index (χ0) is 11.0. The second-order valence-corrected chi connectivity index (χ2v) is 3.52. The number of amides is 1. The Balaban J connectivity index is 4.15. The number of hydrogen-bond donors (Lipinski definition) is 3. The van der Waals surface area contributed by atoms with Crippen molar-refractivity contribution in [3.63, 3.8) is 0 Å². The third kappa shape index (κ3) is 3.27. The van der Waals surface area contributed by atoms with Gasteiger partial charge in [0.05, 0.1) is 5.41 Å². The first-order valence-corrected chi connectivity index (χ1v) is 5.26. The Morgan fingerprint density at radius 2 is 2.00 bits per heavy atom. The molecule has 0 bridgehead atoms. The van der Waals surface area contributed by atoms with E-state index < -0.39 is 5.41 Å². The summed E-state index contributed by atoms with van der Waals surface area (Å²) in [4.78, 5) is 11.8. The van der Waals surface area contributed by atoms with Crippen LogP contribution in [0.15, 0.2) is 0 Å². The second kappa shape index (κ2) is 6.79. The molecule has 0 rings (SSSR count). The van der Waals surface area contributed by atoms with Gasteiger partial charge in [0, 0.05) is 19.7 Å². The topological polar surface area (TPSA) is 75.4 Å². The van der Waals surface area contributed by atoms with Crippen LogP contribution < -0.4 is 11.1 Å². The van der Waals surface area contributed by atoms with E-state index >= 15 is 0 Å². The third-order valence-electron chi connectivity index (χ3n) is 2.85. The lowest BCUT2D eigenvalue weighted by molar-refractivity contribution is -0.131. The standard InChI is InChI=1S/C10H22N2O2/c1-3-10(4-2,8-11)9(14)12-6-5-7-13/h13H,3-8,11H2,1-2H3,(H,12,14). The summed E-state index contributed by atoms with van der Waals surface area (Å²) >= 11 is 0. The molecule has 4 heteroatoms. The minimum atomic E-state index is -0.421. The highest BCUT2D eigenvalue weighted by molar-refractivity contribution is 5.82. The largest absolute Gasteiger partial charge is 0.396 e. The van der Waals surface area contributed by atoms with Crippen molar-refractivity contribution in [1.82, 2.24) is 5.32 Å². The fourth-order valence-corrected chi connectivity index (χ4v) is 1.42. The van der Waals surface area contributed by atoms with Crippen molar-refractivity contribution in [2.75, 3.05) is 19.7 Å². The lowest BCUT2D eigenvalue weighted by atomic mass is 9.81. The van der Waals surface area contributed by atoms with Crippen LogP contribution in [0.1, 0.15) is 33.1 Å². The van der Waals surface area contributed by atoms with E-state index in [1.54, 1.807) is 0 Å². The molecule has 0 atom stereocenters. The summed E-state index contributed by atoms with van der Waals surface area (Å²) in [5.74, 6) is 0.0125. The number of carbonyl (C=O) groups excluding carboxylic acids is 1. The van der Waals surface area contributed by atoms with Gasteiger partial charge in [0.1, 0.15) is 0 Å². The number of rotatable bonds is 7. The number of nitrogens with two attached hydrogens (primary N) is 1. The Kier molecular flexibility index (Phi) is 6.49. The first-order valence-electron chi connectivity index (χ1n) is 5.26. The highest BCUT2D eigenvalue weighted by Crippen LogP contribution is 2.24. The summed E-state index contributed by atoms with van der Waals surface area (Å²) in [6.45, 7) is 4.96. The molecule has 0 unspecified atom stereocenters. The van der Waals surface area contributed by atoms with Crippen LogP contribution in [-0.4, -0.2) is 30.7 Å². The van der Waals surface area contributed by atoms with E-state index in [0.29, 0.717) is 19.5 Å². The minimum Gasteiger partial charge on any atom is -0.396 e. The molecule has 4 nitrogen and oxygen atoms in total. The third-order valence-corrected chi connectivity index (χ3v) is 2.85. The van der Waals surface area contributed by atoms with Gasteiger partial charge in [-0.05, 0) is 19.3 Å². The van der Waals surface area contributed by atoms with Gasteiger partial charge in [0.2, 0.25) is 5.91 Å². The summed E-state index contributed by atoms with van der Waals surface area (Å²) in [6, 6.07) is 0. The van der Waals surface area contributed by atoms with Crippen molar-refractivity contribution < 1.29 is 9.90 Å². The minimum absolute atomic E-state index is 0.0125. The lowest BCUT2D eigenvalue weighted by Crippen LogP contribution is -2.45. The van der Waals surface area contributed by atoms with Gasteiger partial charge in [-0.2, -0.15) is 0 Å². The average Bonchev–Trinajstić information content (AvgIpc) is 2.22. The van der Waals surface area contributed by atoms with E-state index in [4.69, 9.17) is 10.8 Å². The van der Waals surface area contributed by atoms with Crippen molar-refractivity contribution in [2.24, 2.45) is 11.1 Å². The van der Waals surface area contributed by atoms with Gasteiger partial charge in [0.15, 0.2) is 0 Å². The number of aliphatic hydroxyl groups is 1. The maximum atomic E-state index is 11.8. The number of aliphatic hydroxyl groups excluding tert-OH is 1. The van der Waals surface area contributed by atoms with Crippen molar-refractivity contribution in [3.8, 4) is 0 Å². The Morgan fingerprint density at radius 3 is 2.36 bits per heavy atom. The summed E-state index contributed by atoms with van der Waals surface area (Å²) in [7, 11) is 0. The van der Waals surface area contributed by atoms with Crippen LogP contribution >= 0.6 is 0 Å². The van der Waals surface area contributed by atoms with Gasteiger partial charge in [-0.25, -0.2) is 0 Å². The smallest absolute Gasteiger partial charge is 0.227 e. The van der Waals surface area contributed by atoms with Gasteiger partial charge in [-0.15, -0.1) is 0 Å². The van der Waals surface area contributed by atoms with E-state index in [1.807, 2.05) is 13.8 Å². The molecule has 0 saturated heterocycles. The molecule has 0 aromatic carbocycles. The molecule has 0 aliphatic rings. The molecule has 84 valence electrons. The molecule has 0 saturated carbocycles. The molecule has 0 aliphatic carbocycles. The molecule has 14 heavy (non-hydrogen) atoms. The molecule has 0 aromatic heterocycles. The number of hydrogen-bond acceptors (Lipinski definition) is 3. The first-order chi connectivity index (χ1) is 6.66. The van der Waals surface area contributed by atoms with Crippen molar-refractivity contribution in [2.45, 2.75) is 33.1 Å². The molecule has 0 heterocycles. The number of carbonyl (C=O) groups is 1. The molecule has 0 spiro atoms. The molecule has 0 aromatic rings. The molecule has 1 amide bonds. The van der Waals surface area contributed by atoms with Gasteiger partial charge >= 0.3 is 0 Å². The van der Waals surface area contributed by atoms with Gasteiger partial charge < -0.3 is 16.2 Å². The number of nitrogens with one attached hydrogen (secondary N) is 1. The van der Waals surface area contributed by atoms with Crippen LogP contribution in [0.5, 0.6) is 0 Å². The Hall–Kier alpha value is -0.610. The van der Waals surface area contributed by atoms with Gasteiger partial charge in [-0.3, -0.25) is 4.79 Å². The van der Waals surface area contributed by atoms with Crippen LogP contribution in [0.4, 0.5) is 0 Å². The van der Waals surface area contributed by atoms with E-state index in [0.717, 1.165) is 12.8 Å². The second-order valence-electron chi connectivity index (χ2n) is 3.52. The van der Waals surface area contributed by atoms with Crippen LogP contribution in [0.3, 0.4) is 0 Å². The predicted octanol–water partition coefficient (Wildman–Crippen LogP) is 0.250. The van der Waals surface area contributed by atoms with Gasteiger partial charge in [0.25, 0.3) is 0 Å². The Labute approximate surface area is 85.9 Å². The van der Waals surface area contributed by atoms with Crippen LogP contribution in [0, 0.1) is 5.41 Å². The summed E-state index contributed by atoms with van der Waals surface area (Å²) in [5, 5.41) is 11.4. The van der Waals surface area contributed by atoms with E-state index in [2.05, 4.69) is 5.32 Å². The van der Waals surface area contributed by atoms with E-state index in [-0.39, 0.29) is 12.5 Å². The maximum absolute atomic E-state index is 11.8. The zero-order valence-corrected chi connectivity index (χ0v) is 9.18. The van der Waals surface area contributed by atoms with Crippen LogP contribution in [0.25, 0.3) is 0 Å². The molecule has 0 aliphatic heterocycles. The lowest BCUT2D eigenvalue weighted by Gasteiger charge is -2.28. The molecular formula is C10H22N2O2. The predicted molar refractivity (Wildman–Crippen MR) is 56.8 cm³/mol. The van der Waals surface area contributed by atoms with Crippen molar-refractivity contribution in [3.05, 3.63) is 0 Å². The Morgan fingerprint density at radius 1 is 1.43 bits per heavy atom. The normalized spacial score (nSPS) is 11.4. The highest BCUT2D eigenvalue weighted by atomic mass is 16.3. The van der Waals surface area contributed by atoms with Gasteiger partial charge in [-0.1, -0.05) is 13.8 Å². The fraction of sp³-hybridized carbons (Fsp3) is 0.900. The molecule has 0 fully saturated rings. The average molecular weight is 202 g/mol. The molecule has 4 N–H and O–H groups in total. The first kappa shape index (κ1) is 13.4. The SMILES string of the molecule is CCC(CC)(CN)C(=O)NCCCO. The van der Waals surface area contributed by atoms with Crippen molar-refractivity contribution >= 4 is 5.91 Å². The summed E-state index contributed by atoms with van der Waals surface area (Å²) in [5.41, 5.74) is 5.20. The fourth-order valence-electron chi connectivity index (χ4n) is 1.42. The van der Waals surface area contributed by atoms with E-state index in [9.17, 15) is 4.79 Å². The quantitative estimate of drug-likeness (QED) is 0.518. The summed E-state index contributed by atoms with van der Waals surface area (Å²) < 4.78 is 0. The van der Waals surface area contributed by atoms with Crippen LogP contribution in [0.2, 0.25) is 0 Å². The zero-order valence-electron chi connectivity index (χ0n) is 9.18. The van der Waals surface area contributed by atoms with Crippen LogP contribution in [-0.2, 0) is 4.79 Å². The highest BCUT2D eigenvalue weighted by Gasteiger charge is 2.32. The van der Waals surface area contributed by atoms with E-state index in [1.165, 1.54) is 0 Å². The Bertz CT molecular complexity index is 159. The molecule has 0 radical (unpaired) electrons. The summed E-state index contributed by atoms with van der Waals surface area (Å²) in [6.07, 6.45) is 2.11. The molecular weight excluding hydrogens is 180 g/mol. The maximum Gasteiger partial charge on any atom is 0.227 e. The monoisotopic (exact) mass is 202 g/mol. The van der Waals surface area contributed by atoms with Crippen molar-refractivity contribution in [1.29, 1.82) is 0 Å².